The predicted octanol–water partition coefficient (Wildman–Crippen LogP) is -0.986. The maximum Gasteiger partial charge on any atom is 0.321 e. The zero-order valence-electron chi connectivity index (χ0n) is 18.2. The van der Waals surface area contributed by atoms with Crippen molar-refractivity contribution in [3.05, 3.63) is 24.3 Å². The quantitative estimate of drug-likeness (QED) is 0.435. The number of nitrogens with one attached hydrogen (secondary N) is 4. The fourth-order valence-corrected chi connectivity index (χ4v) is 4.29. The van der Waals surface area contributed by atoms with E-state index in [1.807, 2.05) is 31.2 Å². The van der Waals surface area contributed by atoms with Crippen LogP contribution in [-0.4, -0.2) is 70.5 Å². The minimum absolute atomic E-state index is 0.188. The van der Waals surface area contributed by atoms with Crippen LogP contribution in [0.25, 0.3) is 0 Å². The molecule has 1 saturated carbocycles. The first-order chi connectivity index (χ1) is 14.5. The van der Waals surface area contributed by atoms with E-state index in [1.54, 1.807) is 7.11 Å². The summed E-state index contributed by atoms with van der Waals surface area (Å²) in [5, 5.41) is 5.44. The topological polar surface area (TPSA) is 85.5 Å². The Morgan fingerprint density at radius 1 is 1.07 bits per heavy atom. The summed E-state index contributed by atoms with van der Waals surface area (Å²) in [6.45, 7) is 7.32. The van der Waals surface area contributed by atoms with Crippen LogP contribution < -0.4 is 29.9 Å². The molecule has 1 saturated heterocycles. The molecule has 8 heteroatoms. The number of benzene rings is 1. The van der Waals surface area contributed by atoms with Gasteiger partial charge in [-0.3, -0.25) is 10.1 Å². The van der Waals surface area contributed by atoms with E-state index in [2.05, 4.69) is 10.6 Å². The van der Waals surface area contributed by atoms with Crippen LogP contribution in [0.3, 0.4) is 0 Å². The van der Waals surface area contributed by atoms with Gasteiger partial charge >= 0.3 is 6.03 Å². The second-order valence-electron chi connectivity index (χ2n) is 8.35. The number of amides is 3. The Morgan fingerprint density at radius 3 is 2.33 bits per heavy atom. The van der Waals surface area contributed by atoms with E-state index in [1.165, 1.54) is 9.80 Å². The van der Waals surface area contributed by atoms with Crippen LogP contribution in [0.1, 0.15) is 32.6 Å². The van der Waals surface area contributed by atoms with Gasteiger partial charge < -0.3 is 24.6 Å². The lowest BCUT2D eigenvalue weighted by Gasteiger charge is -2.32. The fraction of sp³-hybridized carbons (Fsp3) is 0.636. The number of methoxy groups -OCH3 is 1. The lowest BCUT2D eigenvalue weighted by molar-refractivity contribution is -1.02. The Bertz CT molecular complexity index is 683. The third-order valence-corrected chi connectivity index (χ3v) is 6.32. The van der Waals surface area contributed by atoms with Crippen LogP contribution in [0.4, 0.5) is 4.79 Å². The minimum atomic E-state index is -0.349. The van der Waals surface area contributed by atoms with Crippen LogP contribution >= 0.6 is 0 Å². The van der Waals surface area contributed by atoms with Crippen LogP contribution in [0.15, 0.2) is 24.3 Å². The highest BCUT2D eigenvalue weighted by atomic mass is 16.5. The van der Waals surface area contributed by atoms with Gasteiger partial charge in [-0.05, 0) is 44.0 Å². The Balaban J connectivity index is 1.32. The maximum absolute atomic E-state index is 12.5. The highest BCUT2D eigenvalue weighted by Gasteiger charge is 2.32. The average molecular weight is 421 g/mol. The van der Waals surface area contributed by atoms with Crippen molar-refractivity contribution in [3.63, 3.8) is 0 Å². The van der Waals surface area contributed by atoms with Gasteiger partial charge in [-0.2, -0.15) is 0 Å². The van der Waals surface area contributed by atoms with Gasteiger partial charge in [0.05, 0.1) is 7.11 Å². The van der Waals surface area contributed by atoms with Gasteiger partial charge in [0.1, 0.15) is 50.8 Å². The van der Waals surface area contributed by atoms with E-state index < -0.39 is 0 Å². The smallest absolute Gasteiger partial charge is 0.321 e. The summed E-state index contributed by atoms with van der Waals surface area (Å²) in [6.07, 6.45) is 4.32. The summed E-state index contributed by atoms with van der Waals surface area (Å²) < 4.78 is 11.0. The van der Waals surface area contributed by atoms with Gasteiger partial charge in [-0.15, -0.1) is 0 Å². The van der Waals surface area contributed by atoms with Crippen molar-refractivity contribution < 1.29 is 28.9 Å². The van der Waals surface area contributed by atoms with E-state index in [0.29, 0.717) is 6.61 Å². The molecule has 1 aromatic carbocycles. The van der Waals surface area contributed by atoms with Crippen LogP contribution in [0.5, 0.6) is 11.5 Å². The second kappa shape index (κ2) is 11.2. The van der Waals surface area contributed by atoms with E-state index in [9.17, 15) is 9.59 Å². The summed E-state index contributed by atoms with van der Waals surface area (Å²) in [4.78, 5) is 27.2. The average Bonchev–Trinajstić information content (AvgIpc) is 3.27. The van der Waals surface area contributed by atoms with Gasteiger partial charge in [0.2, 0.25) is 0 Å². The standard InChI is InChI=1S/C22H34N4O4/c1-17(21(27)24-22(28)23-18-5-3-4-6-18)26-13-11-25(12-14-26)15-16-30-20-9-7-19(29-2)8-10-20/h7-10,17-18H,3-6,11-16H2,1-2H3,(H2,23,24,27,28)/p+2/t17-/m0/s1. The molecular formula is C22H36N4O4+2. The molecule has 0 unspecified atom stereocenters. The summed E-state index contributed by atoms with van der Waals surface area (Å²) in [5.41, 5.74) is 0. The molecule has 3 rings (SSSR count). The lowest BCUT2D eigenvalue weighted by Crippen LogP contribution is -3.30. The summed E-state index contributed by atoms with van der Waals surface area (Å²) in [7, 11) is 1.65. The maximum atomic E-state index is 12.5. The van der Waals surface area contributed by atoms with E-state index >= 15 is 0 Å². The number of ether oxygens (including phenoxy) is 2. The van der Waals surface area contributed by atoms with Crippen molar-refractivity contribution in [2.45, 2.75) is 44.7 Å². The van der Waals surface area contributed by atoms with Gasteiger partial charge in [0.15, 0.2) is 6.04 Å². The van der Waals surface area contributed by atoms with E-state index in [4.69, 9.17) is 9.47 Å². The number of hydrogen-bond acceptors (Lipinski definition) is 4. The van der Waals surface area contributed by atoms with Crippen LogP contribution in [-0.2, 0) is 4.79 Å². The monoisotopic (exact) mass is 420 g/mol. The summed E-state index contributed by atoms with van der Waals surface area (Å²) in [6, 6.07) is 7.26. The fourth-order valence-electron chi connectivity index (χ4n) is 4.29. The minimum Gasteiger partial charge on any atom is -0.497 e. The van der Waals surface area contributed by atoms with Crippen molar-refractivity contribution in [1.29, 1.82) is 0 Å². The highest BCUT2D eigenvalue weighted by molar-refractivity contribution is 5.96. The van der Waals surface area contributed by atoms with Crippen LogP contribution in [0, 0.1) is 0 Å². The zero-order valence-corrected chi connectivity index (χ0v) is 18.2. The van der Waals surface area contributed by atoms with Gasteiger partial charge in [0.25, 0.3) is 5.91 Å². The Labute approximate surface area is 178 Å². The molecule has 0 radical (unpaired) electrons. The SMILES string of the molecule is COc1ccc(OCC[NH+]2CC[NH+]([C@@H](C)C(=O)NC(=O)NC3CCCC3)CC2)cc1. The predicted molar refractivity (Wildman–Crippen MR) is 113 cm³/mol. The van der Waals surface area contributed by atoms with E-state index in [0.717, 1.165) is 69.9 Å². The molecule has 0 bridgehead atoms. The van der Waals surface area contributed by atoms with Crippen molar-refractivity contribution in [1.82, 2.24) is 10.6 Å². The molecule has 8 nitrogen and oxygen atoms in total. The van der Waals surface area contributed by atoms with Gasteiger partial charge in [-0.1, -0.05) is 12.8 Å². The molecule has 0 aromatic heterocycles. The van der Waals surface area contributed by atoms with Crippen molar-refractivity contribution in [3.8, 4) is 11.5 Å². The van der Waals surface area contributed by atoms with Gasteiger partial charge in [0, 0.05) is 6.04 Å². The van der Waals surface area contributed by atoms with E-state index in [-0.39, 0.29) is 24.0 Å². The Kier molecular flexibility index (Phi) is 8.33. The third kappa shape index (κ3) is 6.60. The van der Waals surface area contributed by atoms with Crippen molar-refractivity contribution >= 4 is 11.9 Å². The Morgan fingerprint density at radius 2 is 1.70 bits per heavy atom. The first-order valence-electron chi connectivity index (χ1n) is 11.1. The molecule has 0 spiro atoms. The third-order valence-electron chi connectivity index (χ3n) is 6.32. The molecule has 30 heavy (non-hydrogen) atoms. The molecule has 166 valence electrons. The van der Waals surface area contributed by atoms with Gasteiger partial charge in [-0.25, -0.2) is 4.79 Å². The number of piperazine rings is 1. The Hall–Kier alpha value is -2.32. The molecule has 3 amide bonds. The van der Waals surface area contributed by atoms with Crippen molar-refractivity contribution in [2.75, 3.05) is 46.4 Å². The molecule has 1 heterocycles. The molecule has 1 atom stereocenters. The van der Waals surface area contributed by atoms with Crippen LogP contribution in [0.2, 0.25) is 0 Å². The highest BCUT2D eigenvalue weighted by Crippen LogP contribution is 2.17. The number of quaternary nitrogens is 2. The second-order valence-corrected chi connectivity index (χ2v) is 8.35. The largest absolute Gasteiger partial charge is 0.497 e. The molecule has 4 N–H and O–H groups in total. The first-order valence-corrected chi connectivity index (χ1v) is 11.1. The number of urea groups is 1. The molecule has 1 aliphatic carbocycles. The molecule has 1 aliphatic heterocycles. The zero-order chi connectivity index (χ0) is 21.3. The number of rotatable bonds is 8. The normalized spacial score (nSPS) is 22.9. The lowest BCUT2D eigenvalue weighted by atomic mass is 10.2. The number of carbonyl (C=O) groups is 2. The number of imide groups is 1. The summed E-state index contributed by atoms with van der Waals surface area (Å²) >= 11 is 0. The number of carbonyl (C=O) groups excluding carboxylic acids is 2. The number of hydrogen-bond donors (Lipinski definition) is 4. The van der Waals surface area contributed by atoms with Crippen molar-refractivity contribution in [2.24, 2.45) is 0 Å². The summed E-state index contributed by atoms with van der Waals surface area (Å²) in [5.74, 6) is 1.48. The molecule has 2 fully saturated rings. The molecular weight excluding hydrogens is 384 g/mol. The molecule has 2 aliphatic rings. The first kappa shape index (κ1) is 22.4. The molecule has 1 aromatic rings.